The quantitative estimate of drug-likeness (QED) is 0.638. The van der Waals surface area contributed by atoms with E-state index in [1.807, 2.05) is 13.8 Å². The first-order chi connectivity index (χ1) is 10.4. The molecule has 4 heteroatoms. The predicted octanol–water partition coefficient (Wildman–Crippen LogP) is 3.89. The molecule has 0 spiro atoms. The van der Waals surface area contributed by atoms with Gasteiger partial charge in [-0.3, -0.25) is 9.59 Å². The lowest BCUT2D eigenvalue weighted by molar-refractivity contribution is -0.156. The van der Waals surface area contributed by atoms with Gasteiger partial charge in [0.1, 0.15) is 5.78 Å². The van der Waals surface area contributed by atoms with Crippen LogP contribution in [0, 0.1) is 29.5 Å². The summed E-state index contributed by atoms with van der Waals surface area (Å²) in [6, 6.07) is 0. The molecule has 0 aromatic heterocycles. The van der Waals surface area contributed by atoms with Crippen LogP contribution in [0.4, 0.5) is 0 Å². The van der Waals surface area contributed by atoms with Gasteiger partial charge in [-0.15, -0.1) is 0 Å². The van der Waals surface area contributed by atoms with Gasteiger partial charge in [0.05, 0.1) is 18.9 Å². The number of esters is 1. The molecule has 3 unspecified atom stereocenters. The SMILES string of the molecule is CCCCC(CC)CCO[C]1CC(=O)C2C(C(=O)O1)C2(C)C. The number of cyclic esters (lactones) is 1. The number of unbranched alkanes of at least 4 members (excludes halogenated alkanes) is 1. The maximum absolute atomic E-state index is 12.2. The predicted molar refractivity (Wildman–Crippen MR) is 83.6 cm³/mol. The molecule has 1 saturated heterocycles. The summed E-state index contributed by atoms with van der Waals surface area (Å²) in [4.78, 5) is 24.2. The van der Waals surface area contributed by atoms with Gasteiger partial charge in [0.25, 0.3) is 6.29 Å². The van der Waals surface area contributed by atoms with Crippen molar-refractivity contribution in [3.05, 3.63) is 6.29 Å². The average molecular weight is 309 g/mol. The first kappa shape index (κ1) is 17.5. The molecule has 2 fully saturated rings. The van der Waals surface area contributed by atoms with Crippen molar-refractivity contribution in [1.82, 2.24) is 0 Å². The van der Waals surface area contributed by atoms with E-state index in [1.165, 1.54) is 19.3 Å². The van der Waals surface area contributed by atoms with Crippen LogP contribution in [0.5, 0.6) is 0 Å². The molecule has 1 aliphatic carbocycles. The maximum Gasteiger partial charge on any atom is 0.313 e. The number of ketones is 1. The molecule has 2 aliphatic rings. The van der Waals surface area contributed by atoms with E-state index in [0.717, 1.165) is 12.8 Å². The van der Waals surface area contributed by atoms with Crippen LogP contribution < -0.4 is 0 Å². The van der Waals surface area contributed by atoms with Crippen molar-refractivity contribution >= 4 is 11.8 Å². The first-order valence-corrected chi connectivity index (χ1v) is 8.64. The van der Waals surface area contributed by atoms with Gasteiger partial charge in [0.2, 0.25) is 0 Å². The Morgan fingerprint density at radius 2 is 1.95 bits per heavy atom. The highest BCUT2D eigenvalue weighted by Crippen LogP contribution is 2.61. The third kappa shape index (κ3) is 3.70. The van der Waals surface area contributed by atoms with Crippen LogP contribution in [0.2, 0.25) is 0 Å². The number of hydrogen-bond acceptors (Lipinski definition) is 4. The van der Waals surface area contributed by atoms with Crippen molar-refractivity contribution in [1.29, 1.82) is 0 Å². The number of fused-ring (bicyclic) bond motifs is 1. The molecule has 3 atom stereocenters. The van der Waals surface area contributed by atoms with Crippen LogP contribution >= 0.6 is 0 Å². The number of rotatable bonds is 8. The molecule has 1 aliphatic heterocycles. The molecule has 2 rings (SSSR count). The third-order valence-electron chi connectivity index (χ3n) is 5.29. The summed E-state index contributed by atoms with van der Waals surface area (Å²) in [6.45, 7) is 8.82. The Kier molecular flexibility index (Phi) is 5.65. The number of hydrogen-bond donors (Lipinski definition) is 0. The van der Waals surface area contributed by atoms with E-state index in [4.69, 9.17) is 9.47 Å². The topological polar surface area (TPSA) is 52.6 Å². The molecule has 1 heterocycles. The third-order valence-corrected chi connectivity index (χ3v) is 5.29. The molecule has 0 N–H and O–H groups in total. The molecule has 22 heavy (non-hydrogen) atoms. The molecular weight excluding hydrogens is 280 g/mol. The van der Waals surface area contributed by atoms with Crippen molar-refractivity contribution in [2.45, 2.75) is 66.2 Å². The summed E-state index contributed by atoms with van der Waals surface area (Å²) in [7, 11) is 0. The fraction of sp³-hybridized carbons (Fsp3) is 0.833. The second-order valence-corrected chi connectivity index (χ2v) is 7.27. The van der Waals surface area contributed by atoms with Gasteiger partial charge in [0.15, 0.2) is 0 Å². The maximum atomic E-state index is 12.2. The highest BCUT2D eigenvalue weighted by atomic mass is 16.7. The molecule has 1 saturated carbocycles. The van der Waals surface area contributed by atoms with E-state index >= 15 is 0 Å². The Hall–Kier alpha value is -0.900. The van der Waals surface area contributed by atoms with E-state index in [1.54, 1.807) is 0 Å². The fourth-order valence-corrected chi connectivity index (χ4v) is 3.61. The van der Waals surface area contributed by atoms with Crippen molar-refractivity contribution in [3.63, 3.8) is 0 Å². The molecule has 4 nitrogen and oxygen atoms in total. The van der Waals surface area contributed by atoms with Crippen LogP contribution in [-0.4, -0.2) is 18.4 Å². The molecule has 125 valence electrons. The van der Waals surface area contributed by atoms with Gasteiger partial charge >= 0.3 is 5.97 Å². The first-order valence-electron chi connectivity index (χ1n) is 8.64. The second-order valence-electron chi connectivity index (χ2n) is 7.27. The number of carbonyl (C=O) groups excluding carboxylic acids is 2. The Balaban J connectivity index is 1.77. The van der Waals surface area contributed by atoms with Crippen LogP contribution in [-0.2, 0) is 19.1 Å². The van der Waals surface area contributed by atoms with E-state index in [-0.39, 0.29) is 41.7 Å². The highest BCUT2D eigenvalue weighted by Gasteiger charge is 2.67. The zero-order chi connectivity index (χ0) is 16.3. The second kappa shape index (κ2) is 7.12. The summed E-state index contributed by atoms with van der Waals surface area (Å²) < 4.78 is 10.9. The minimum absolute atomic E-state index is 0.0777. The monoisotopic (exact) mass is 309 g/mol. The number of Topliss-reactive ketones (excluding diaryl/α,β-unsaturated/α-hetero) is 1. The van der Waals surface area contributed by atoms with Crippen LogP contribution in [0.1, 0.15) is 66.2 Å². The summed E-state index contributed by atoms with van der Waals surface area (Å²) >= 11 is 0. The van der Waals surface area contributed by atoms with Crippen LogP contribution in [0.15, 0.2) is 0 Å². The molecule has 0 aromatic carbocycles. The van der Waals surface area contributed by atoms with Crippen LogP contribution in [0.25, 0.3) is 0 Å². The number of ether oxygens (including phenoxy) is 2. The summed E-state index contributed by atoms with van der Waals surface area (Å²) in [5.74, 6) is -0.0455. The van der Waals surface area contributed by atoms with Crippen molar-refractivity contribution in [3.8, 4) is 0 Å². The van der Waals surface area contributed by atoms with E-state index < -0.39 is 0 Å². The molecular formula is C18H29O4. The molecule has 0 amide bonds. The molecule has 0 bridgehead atoms. The van der Waals surface area contributed by atoms with Crippen molar-refractivity contribution in [2.24, 2.45) is 23.2 Å². The summed E-state index contributed by atoms with van der Waals surface area (Å²) in [5.41, 5.74) is -0.243. The summed E-state index contributed by atoms with van der Waals surface area (Å²) in [5, 5.41) is 0. The molecule has 0 aromatic rings. The van der Waals surface area contributed by atoms with E-state index in [9.17, 15) is 9.59 Å². The van der Waals surface area contributed by atoms with E-state index in [2.05, 4.69) is 13.8 Å². The average Bonchev–Trinajstić information content (AvgIpc) is 3.08. The van der Waals surface area contributed by atoms with Gasteiger partial charge in [0, 0.05) is 5.92 Å². The normalized spacial score (nSPS) is 28.7. The fourth-order valence-electron chi connectivity index (χ4n) is 3.61. The minimum Gasteiger partial charge on any atom is -0.425 e. The van der Waals surface area contributed by atoms with Crippen molar-refractivity contribution in [2.75, 3.05) is 6.61 Å². The Bertz CT molecular complexity index is 389. The van der Waals surface area contributed by atoms with Gasteiger partial charge in [-0.05, 0) is 17.8 Å². The summed E-state index contributed by atoms with van der Waals surface area (Å²) in [6.07, 6.45) is 6.08. The lowest BCUT2D eigenvalue weighted by atomic mass is 9.96. The van der Waals surface area contributed by atoms with E-state index in [0.29, 0.717) is 12.5 Å². The lowest BCUT2D eigenvalue weighted by Gasteiger charge is -2.18. The largest absolute Gasteiger partial charge is 0.425 e. The van der Waals surface area contributed by atoms with Crippen LogP contribution in [0.3, 0.4) is 0 Å². The van der Waals surface area contributed by atoms with Gasteiger partial charge in [-0.1, -0.05) is 53.4 Å². The molecule has 1 radical (unpaired) electrons. The van der Waals surface area contributed by atoms with Crippen molar-refractivity contribution < 1.29 is 19.1 Å². The minimum atomic E-state index is -0.297. The number of carbonyl (C=O) groups is 2. The zero-order valence-electron chi connectivity index (χ0n) is 14.3. The Labute approximate surface area is 133 Å². The van der Waals surface area contributed by atoms with Gasteiger partial charge < -0.3 is 9.47 Å². The Morgan fingerprint density at radius 1 is 1.23 bits per heavy atom. The van der Waals surface area contributed by atoms with Gasteiger partial charge in [-0.2, -0.15) is 0 Å². The lowest BCUT2D eigenvalue weighted by Crippen LogP contribution is -2.19. The highest BCUT2D eigenvalue weighted by molar-refractivity contribution is 5.96. The zero-order valence-corrected chi connectivity index (χ0v) is 14.3. The smallest absolute Gasteiger partial charge is 0.313 e. The standard InChI is InChI=1S/C18H29O4/c1-5-7-8-12(6-2)9-10-21-14-11-13(19)15-16(17(20)22-14)18(15,3)4/h12,15-16H,5-11H2,1-4H3. The van der Waals surface area contributed by atoms with Gasteiger partial charge in [-0.25, -0.2) is 0 Å². The Morgan fingerprint density at radius 3 is 2.59 bits per heavy atom.